The number of carbonyl (C=O) groups excluding carboxylic acids is 1. The summed E-state index contributed by atoms with van der Waals surface area (Å²) in [6.45, 7) is 1.79. The Morgan fingerprint density at radius 1 is 1.35 bits per heavy atom. The highest BCUT2D eigenvalue weighted by atomic mass is 19.1. The van der Waals surface area contributed by atoms with Crippen LogP contribution < -0.4 is 5.73 Å². The number of primary amides is 1. The molecule has 0 fully saturated rings. The maximum Gasteiger partial charge on any atom is 0.251 e. The van der Waals surface area contributed by atoms with E-state index in [0.29, 0.717) is 11.3 Å². The lowest BCUT2D eigenvalue weighted by Crippen LogP contribution is -2.13. The summed E-state index contributed by atoms with van der Waals surface area (Å²) in [6, 6.07) is 5.96. The zero-order valence-corrected chi connectivity index (χ0v) is 9.14. The van der Waals surface area contributed by atoms with Gasteiger partial charge in [0.2, 0.25) is 0 Å². The molecule has 0 saturated heterocycles. The van der Waals surface area contributed by atoms with Gasteiger partial charge in [0, 0.05) is 5.56 Å². The zero-order valence-electron chi connectivity index (χ0n) is 9.14. The molecule has 0 aliphatic rings. The third-order valence-corrected chi connectivity index (χ3v) is 2.45. The highest BCUT2D eigenvalue weighted by molar-refractivity contribution is 5.94. The first-order valence-corrected chi connectivity index (χ1v) is 4.97. The van der Waals surface area contributed by atoms with E-state index < -0.39 is 11.7 Å². The lowest BCUT2D eigenvalue weighted by atomic mass is 10.0. The molecule has 0 radical (unpaired) electrons. The molecule has 86 valence electrons. The van der Waals surface area contributed by atoms with Gasteiger partial charge in [0.1, 0.15) is 5.82 Å². The topological polar surface area (TPSA) is 68.9 Å². The molecule has 5 heteroatoms. The van der Waals surface area contributed by atoms with Gasteiger partial charge in [-0.1, -0.05) is 6.07 Å². The van der Waals surface area contributed by atoms with Crippen molar-refractivity contribution in [3.05, 3.63) is 47.5 Å². The van der Waals surface area contributed by atoms with E-state index in [0.717, 1.165) is 5.56 Å². The summed E-state index contributed by atoms with van der Waals surface area (Å²) in [7, 11) is 0. The van der Waals surface area contributed by atoms with Gasteiger partial charge in [-0.2, -0.15) is 10.2 Å². The second-order valence-corrected chi connectivity index (χ2v) is 3.59. The number of benzene rings is 1. The average Bonchev–Trinajstić information content (AvgIpc) is 2.30. The number of carbonyl (C=O) groups is 1. The first kappa shape index (κ1) is 11.2. The first-order valence-electron chi connectivity index (χ1n) is 4.97. The highest BCUT2D eigenvalue weighted by Gasteiger charge is 2.11. The number of hydrogen-bond acceptors (Lipinski definition) is 3. The minimum absolute atomic E-state index is 0.126. The number of nitrogens with two attached hydrogens (primary N) is 1. The van der Waals surface area contributed by atoms with Crippen LogP contribution in [-0.2, 0) is 0 Å². The number of aryl methyl sites for hydroxylation is 1. The Morgan fingerprint density at radius 3 is 2.76 bits per heavy atom. The molecule has 1 heterocycles. The summed E-state index contributed by atoms with van der Waals surface area (Å²) < 4.78 is 13.3. The minimum Gasteiger partial charge on any atom is -0.366 e. The van der Waals surface area contributed by atoms with Crippen molar-refractivity contribution >= 4 is 5.91 Å². The average molecular weight is 231 g/mol. The van der Waals surface area contributed by atoms with Gasteiger partial charge in [-0.25, -0.2) is 4.39 Å². The van der Waals surface area contributed by atoms with Crippen molar-refractivity contribution in [2.75, 3.05) is 0 Å². The van der Waals surface area contributed by atoms with Gasteiger partial charge in [0.25, 0.3) is 5.91 Å². The van der Waals surface area contributed by atoms with Crippen LogP contribution in [0.25, 0.3) is 11.1 Å². The Morgan fingerprint density at radius 2 is 2.12 bits per heavy atom. The first-order chi connectivity index (χ1) is 8.09. The van der Waals surface area contributed by atoms with E-state index in [1.807, 2.05) is 0 Å². The third kappa shape index (κ3) is 2.13. The van der Waals surface area contributed by atoms with E-state index in [4.69, 9.17) is 5.73 Å². The Balaban J connectivity index is 2.58. The minimum atomic E-state index is -0.788. The van der Waals surface area contributed by atoms with Crippen molar-refractivity contribution in [3.8, 4) is 11.1 Å². The summed E-state index contributed by atoms with van der Waals surface area (Å²) in [4.78, 5) is 11.0. The lowest BCUT2D eigenvalue weighted by Gasteiger charge is -2.06. The Hall–Kier alpha value is -2.30. The molecule has 1 amide bonds. The van der Waals surface area contributed by atoms with Crippen LogP contribution in [0.5, 0.6) is 0 Å². The molecule has 1 aromatic carbocycles. The van der Waals surface area contributed by atoms with Gasteiger partial charge in [0.15, 0.2) is 0 Å². The fraction of sp³-hybridized carbons (Fsp3) is 0.0833. The van der Waals surface area contributed by atoms with Gasteiger partial charge >= 0.3 is 0 Å². The normalized spacial score (nSPS) is 10.2. The molecule has 0 aliphatic heterocycles. The quantitative estimate of drug-likeness (QED) is 0.855. The zero-order chi connectivity index (χ0) is 12.4. The number of aromatic nitrogens is 2. The van der Waals surface area contributed by atoms with Gasteiger partial charge < -0.3 is 5.73 Å². The molecule has 2 rings (SSSR count). The highest BCUT2D eigenvalue weighted by Crippen LogP contribution is 2.23. The third-order valence-electron chi connectivity index (χ3n) is 2.45. The van der Waals surface area contributed by atoms with Crippen molar-refractivity contribution < 1.29 is 9.18 Å². The van der Waals surface area contributed by atoms with Crippen LogP contribution in [-0.4, -0.2) is 16.1 Å². The standard InChI is InChI=1S/C12H10FN3O/c1-7-9(4-5-15-16-7)8-2-3-11(13)10(6-8)12(14)17/h2-6H,1H3,(H2,14,17). The fourth-order valence-corrected chi connectivity index (χ4v) is 1.59. The number of amides is 1. The summed E-state index contributed by atoms with van der Waals surface area (Å²) in [5.41, 5.74) is 7.15. The van der Waals surface area contributed by atoms with Gasteiger partial charge in [-0.15, -0.1) is 0 Å². The molecule has 4 nitrogen and oxygen atoms in total. The second-order valence-electron chi connectivity index (χ2n) is 3.59. The summed E-state index contributed by atoms with van der Waals surface area (Å²) in [5, 5.41) is 7.62. The molecule has 2 N–H and O–H groups in total. The van der Waals surface area contributed by atoms with Crippen molar-refractivity contribution in [3.63, 3.8) is 0 Å². The summed E-state index contributed by atoms with van der Waals surface area (Å²) >= 11 is 0. The number of nitrogens with zero attached hydrogens (tertiary/aromatic N) is 2. The van der Waals surface area contributed by atoms with Crippen LogP contribution >= 0.6 is 0 Å². The molecular weight excluding hydrogens is 221 g/mol. The van der Waals surface area contributed by atoms with E-state index in [9.17, 15) is 9.18 Å². The number of halogens is 1. The molecule has 0 saturated carbocycles. The van der Waals surface area contributed by atoms with Crippen LogP contribution in [0, 0.1) is 12.7 Å². The molecule has 1 aromatic heterocycles. The molecule has 2 aromatic rings. The maximum atomic E-state index is 13.3. The van der Waals surface area contributed by atoms with Gasteiger partial charge in [-0.3, -0.25) is 4.79 Å². The van der Waals surface area contributed by atoms with Crippen molar-refractivity contribution in [1.29, 1.82) is 0 Å². The Bertz CT molecular complexity index is 584. The maximum absolute atomic E-state index is 13.3. The second kappa shape index (κ2) is 4.29. The molecule has 0 aliphatic carbocycles. The predicted octanol–water partition coefficient (Wildman–Crippen LogP) is 1.69. The lowest BCUT2D eigenvalue weighted by molar-refractivity contribution is 0.0996. The summed E-state index contributed by atoms with van der Waals surface area (Å²) in [5.74, 6) is -1.41. The largest absolute Gasteiger partial charge is 0.366 e. The molecule has 0 spiro atoms. The molecular formula is C12H10FN3O. The molecule has 17 heavy (non-hydrogen) atoms. The summed E-state index contributed by atoms with van der Waals surface area (Å²) in [6.07, 6.45) is 1.54. The Kier molecular flexibility index (Phi) is 2.82. The predicted molar refractivity (Wildman–Crippen MR) is 60.7 cm³/mol. The van der Waals surface area contributed by atoms with E-state index in [1.165, 1.54) is 18.3 Å². The van der Waals surface area contributed by atoms with Crippen molar-refractivity contribution in [2.45, 2.75) is 6.92 Å². The van der Waals surface area contributed by atoms with Gasteiger partial charge in [0.05, 0.1) is 17.5 Å². The molecule has 0 unspecified atom stereocenters. The van der Waals surface area contributed by atoms with Crippen molar-refractivity contribution in [1.82, 2.24) is 10.2 Å². The fourth-order valence-electron chi connectivity index (χ4n) is 1.59. The van der Waals surface area contributed by atoms with Crippen LogP contribution in [0.4, 0.5) is 4.39 Å². The number of hydrogen-bond donors (Lipinski definition) is 1. The van der Waals surface area contributed by atoms with E-state index >= 15 is 0 Å². The van der Waals surface area contributed by atoms with E-state index in [2.05, 4.69) is 10.2 Å². The molecule has 0 atom stereocenters. The van der Waals surface area contributed by atoms with Crippen LogP contribution in [0.15, 0.2) is 30.5 Å². The van der Waals surface area contributed by atoms with E-state index in [1.54, 1.807) is 19.1 Å². The van der Waals surface area contributed by atoms with Crippen LogP contribution in [0.2, 0.25) is 0 Å². The Labute approximate surface area is 97.3 Å². The van der Waals surface area contributed by atoms with Crippen LogP contribution in [0.3, 0.4) is 0 Å². The monoisotopic (exact) mass is 231 g/mol. The van der Waals surface area contributed by atoms with E-state index in [-0.39, 0.29) is 5.56 Å². The molecule has 0 bridgehead atoms. The van der Waals surface area contributed by atoms with Crippen molar-refractivity contribution in [2.24, 2.45) is 5.73 Å². The van der Waals surface area contributed by atoms with Gasteiger partial charge in [-0.05, 0) is 30.7 Å². The number of rotatable bonds is 2. The van der Waals surface area contributed by atoms with Crippen LogP contribution in [0.1, 0.15) is 16.1 Å². The SMILES string of the molecule is Cc1nnccc1-c1ccc(F)c(C(N)=O)c1. The smallest absolute Gasteiger partial charge is 0.251 e.